The second-order valence-corrected chi connectivity index (χ2v) is 5.15. The molecule has 2 heterocycles. The summed E-state index contributed by atoms with van der Waals surface area (Å²) in [6.45, 7) is 2.57. The number of fused-ring (bicyclic) bond motifs is 1. The van der Waals surface area contributed by atoms with Gasteiger partial charge in [-0.1, -0.05) is 6.07 Å². The first-order valence-corrected chi connectivity index (χ1v) is 7.52. The van der Waals surface area contributed by atoms with Crippen molar-refractivity contribution < 1.29 is 9.47 Å². The molecule has 3 rings (SSSR count). The van der Waals surface area contributed by atoms with Gasteiger partial charge in [0.15, 0.2) is 0 Å². The maximum Gasteiger partial charge on any atom is 0.232 e. The van der Waals surface area contributed by atoms with E-state index in [9.17, 15) is 0 Å². The smallest absolute Gasteiger partial charge is 0.232 e. The molecule has 0 bridgehead atoms. The molecule has 0 aliphatic carbocycles. The molecule has 0 fully saturated rings. The highest BCUT2D eigenvalue weighted by atomic mass is 32.1. The van der Waals surface area contributed by atoms with E-state index in [1.165, 1.54) is 0 Å². The summed E-state index contributed by atoms with van der Waals surface area (Å²) in [6, 6.07) is 9.48. The number of hydrogen-bond donors (Lipinski definition) is 1. The van der Waals surface area contributed by atoms with E-state index in [1.807, 2.05) is 42.6 Å². The van der Waals surface area contributed by atoms with Crippen LogP contribution < -0.4 is 14.8 Å². The third-order valence-corrected chi connectivity index (χ3v) is 3.65. The molecule has 0 saturated heterocycles. The van der Waals surface area contributed by atoms with Crippen LogP contribution in [0.3, 0.4) is 0 Å². The molecule has 0 amide bonds. The van der Waals surface area contributed by atoms with Crippen LogP contribution in [-0.4, -0.2) is 23.6 Å². The van der Waals surface area contributed by atoms with Gasteiger partial charge in [0.2, 0.25) is 11.8 Å². The number of nitrogens with zero attached hydrogens (tertiary/aromatic N) is 2. The molecule has 21 heavy (non-hydrogen) atoms. The minimum atomic E-state index is 0.541. The van der Waals surface area contributed by atoms with Gasteiger partial charge in [-0.15, -0.1) is 11.3 Å². The Hall–Kier alpha value is -2.34. The molecule has 0 unspecified atom stereocenters. The quantitative estimate of drug-likeness (QED) is 0.774. The fourth-order valence-corrected chi connectivity index (χ4v) is 2.68. The summed E-state index contributed by atoms with van der Waals surface area (Å²) in [4.78, 5) is 9.67. The molecule has 6 heteroatoms. The fraction of sp³-hybridized carbons (Fsp3) is 0.200. The van der Waals surface area contributed by atoms with Crippen molar-refractivity contribution in [2.45, 2.75) is 6.92 Å². The monoisotopic (exact) mass is 301 g/mol. The second kappa shape index (κ2) is 5.97. The van der Waals surface area contributed by atoms with Gasteiger partial charge >= 0.3 is 0 Å². The average Bonchev–Trinajstić information content (AvgIpc) is 2.96. The van der Waals surface area contributed by atoms with Crippen molar-refractivity contribution in [1.29, 1.82) is 0 Å². The van der Waals surface area contributed by atoms with E-state index in [-0.39, 0.29) is 0 Å². The normalized spacial score (nSPS) is 10.6. The minimum Gasteiger partial charge on any atom is -0.494 e. The lowest BCUT2D eigenvalue weighted by molar-refractivity contribution is 0.338. The number of hydrogen-bond acceptors (Lipinski definition) is 6. The maximum absolute atomic E-state index is 5.92. The summed E-state index contributed by atoms with van der Waals surface area (Å²) >= 11 is 1.56. The molecule has 1 aromatic carbocycles. The largest absolute Gasteiger partial charge is 0.494 e. The molecule has 2 aromatic heterocycles. The predicted octanol–water partition coefficient (Wildman–Crippen LogP) is 3.92. The Morgan fingerprint density at radius 2 is 2.05 bits per heavy atom. The van der Waals surface area contributed by atoms with Crippen LogP contribution in [0, 0.1) is 0 Å². The number of anilines is 1. The standard InChI is InChI=1S/C15H15N3O2S/c1-3-19-10-5-4-6-11(9-10)20-13-12-7-8-21-14(12)18-15(16-2)17-13/h4-9H,3H2,1-2H3,(H,16,17,18). The van der Waals surface area contributed by atoms with Gasteiger partial charge in [-0.2, -0.15) is 4.98 Å². The van der Waals surface area contributed by atoms with Crippen LogP contribution in [0.5, 0.6) is 17.4 Å². The van der Waals surface area contributed by atoms with Crippen LogP contribution in [-0.2, 0) is 0 Å². The molecular weight excluding hydrogens is 286 g/mol. The Balaban J connectivity index is 1.97. The zero-order valence-electron chi connectivity index (χ0n) is 11.8. The SMILES string of the molecule is CCOc1cccc(Oc2nc(NC)nc3sccc23)c1. The van der Waals surface area contributed by atoms with Crippen LogP contribution in [0.25, 0.3) is 10.2 Å². The number of aromatic nitrogens is 2. The maximum atomic E-state index is 5.92. The molecule has 0 atom stereocenters. The molecule has 0 aliphatic rings. The van der Waals surface area contributed by atoms with Crippen LogP contribution in [0.4, 0.5) is 5.95 Å². The second-order valence-electron chi connectivity index (χ2n) is 4.25. The van der Waals surface area contributed by atoms with Crippen molar-refractivity contribution in [2.24, 2.45) is 0 Å². The van der Waals surface area contributed by atoms with E-state index in [4.69, 9.17) is 9.47 Å². The molecule has 0 radical (unpaired) electrons. The lowest BCUT2D eigenvalue weighted by atomic mass is 10.3. The van der Waals surface area contributed by atoms with Gasteiger partial charge in [-0.25, -0.2) is 4.98 Å². The highest BCUT2D eigenvalue weighted by Crippen LogP contribution is 2.32. The van der Waals surface area contributed by atoms with E-state index in [1.54, 1.807) is 18.4 Å². The third-order valence-electron chi connectivity index (χ3n) is 2.84. The molecule has 108 valence electrons. The Kier molecular flexibility index (Phi) is 3.87. The predicted molar refractivity (Wildman–Crippen MR) is 84.6 cm³/mol. The number of thiophene rings is 1. The highest BCUT2D eigenvalue weighted by molar-refractivity contribution is 7.16. The zero-order valence-corrected chi connectivity index (χ0v) is 12.6. The average molecular weight is 301 g/mol. The Morgan fingerprint density at radius 1 is 1.19 bits per heavy atom. The van der Waals surface area contributed by atoms with Crippen molar-refractivity contribution in [1.82, 2.24) is 9.97 Å². The van der Waals surface area contributed by atoms with Crippen molar-refractivity contribution in [3.63, 3.8) is 0 Å². The van der Waals surface area contributed by atoms with Crippen LogP contribution in [0.2, 0.25) is 0 Å². The first kappa shape index (κ1) is 13.6. The topological polar surface area (TPSA) is 56.3 Å². The van der Waals surface area contributed by atoms with E-state index in [0.29, 0.717) is 24.2 Å². The molecule has 1 N–H and O–H groups in total. The summed E-state index contributed by atoms with van der Waals surface area (Å²) in [5.41, 5.74) is 0. The summed E-state index contributed by atoms with van der Waals surface area (Å²) in [5.74, 6) is 2.55. The molecule has 0 saturated carbocycles. The summed E-state index contributed by atoms with van der Waals surface area (Å²) in [7, 11) is 1.79. The van der Waals surface area contributed by atoms with Crippen LogP contribution in [0.15, 0.2) is 35.7 Å². The Labute approximate surface area is 126 Å². The van der Waals surface area contributed by atoms with Gasteiger partial charge in [0.1, 0.15) is 16.3 Å². The summed E-state index contributed by atoms with van der Waals surface area (Å²) in [6.07, 6.45) is 0. The molecular formula is C15H15N3O2S. The van der Waals surface area contributed by atoms with Gasteiger partial charge < -0.3 is 14.8 Å². The lowest BCUT2D eigenvalue weighted by Gasteiger charge is -2.09. The van der Waals surface area contributed by atoms with E-state index in [0.717, 1.165) is 16.0 Å². The fourth-order valence-electron chi connectivity index (χ4n) is 1.92. The molecule has 0 aliphatic heterocycles. The van der Waals surface area contributed by atoms with Crippen molar-refractivity contribution in [3.05, 3.63) is 35.7 Å². The van der Waals surface area contributed by atoms with Crippen molar-refractivity contribution in [2.75, 3.05) is 19.0 Å². The number of nitrogens with one attached hydrogen (secondary N) is 1. The van der Waals surface area contributed by atoms with Gasteiger partial charge in [0.25, 0.3) is 0 Å². The van der Waals surface area contributed by atoms with Crippen LogP contribution in [0.1, 0.15) is 6.92 Å². The van der Waals surface area contributed by atoms with Gasteiger partial charge in [-0.3, -0.25) is 0 Å². The number of rotatable bonds is 5. The van der Waals surface area contributed by atoms with Crippen molar-refractivity contribution >= 4 is 27.5 Å². The number of ether oxygens (including phenoxy) is 2. The Morgan fingerprint density at radius 3 is 2.86 bits per heavy atom. The first-order chi connectivity index (χ1) is 10.3. The van der Waals surface area contributed by atoms with E-state index >= 15 is 0 Å². The third kappa shape index (κ3) is 2.90. The summed E-state index contributed by atoms with van der Waals surface area (Å²) < 4.78 is 11.4. The van der Waals surface area contributed by atoms with Gasteiger partial charge in [0, 0.05) is 13.1 Å². The first-order valence-electron chi connectivity index (χ1n) is 6.64. The highest BCUT2D eigenvalue weighted by Gasteiger charge is 2.10. The van der Waals surface area contributed by atoms with Gasteiger partial charge in [-0.05, 0) is 30.5 Å². The zero-order chi connectivity index (χ0) is 14.7. The van der Waals surface area contributed by atoms with Crippen LogP contribution >= 0.6 is 11.3 Å². The summed E-state index contributed by atoms with van der Waals surface area (Å²) in [5, 5.41) is 5.82. The molecule has 0 spiro atoms. The number of benzene rings is 1. The minimum absolute atomic E-state index is 0.541. The van der Waals surface area contributed by atoms with Gasteiger partial charge in [0.05, 0.1) is 12.0 Å². The molecule has 5 nitrogen and oxygen atoms in total. The van der Waals surface area contributed by atoms with E-state index < -0.39 is 0 Å². The molecule has 3 aromatic rings. The van der Waals surface area contributed by atoms with E-state index in [2.05, 4.69) is 15.3 Å². The lowest BCUT2D eigenvalue weighted by Crippen LogP contribution is -1.98. The van der Waals surface area contributed by atoms with Crippen molar-refractivity contribution in [3.8, 4) is 17.4 Å². The Bertz CT molecular complexity index is 758.